The zero-order valence-electron chi connectivity index (χ0n) is 19.0. The van der Waals surface area contributed by atoms with Crippen LogP contribution in [0.4, 0.5) is 11.6 Å². The molecule has 0 radical (unpaired) electrons. The van der Waals surface area contributed by atoms with Crippen LogP contribution in [0, 0.1) is 5.92 Å². The van der Waals surface area contributed by atoms with Crippen molar-refractivity contribution in [3.63, 3.8) is 0 Å². The molecule has 0 bridgehead atoms. The van der Waals surface area contributed by atoms with Gasteiger partial charge in [0.05, 0.1) is 32.0 Å². The van der Waals surface area contributed by atoms with Gasteiger partial charge in [-0.2, -0.15) is 4.98 Å². The van der Waals surface area contributed by atoms with E-state index < -0.39 is 0 Å². The Morgan fingerprint density at radius 2 is 1.75 bits per heavy atom. The van der Waals surface area contributed by atoms with Gasteiger partial charge in [-0.3, -0.25) is 0 Å². The molecule has 0 spiro atoms. The fourth-order valence-electron chi connectivity index (χ4n) is 4.75. The maximum Gasteiger partial charge on any atom is 0.226 e. The van der Waals surface area contributed by atoms with Crippen molar-refractivity contribution in [1.29, 1.82) is 0 Å². The smallest absolute Gasteiger partial charge is 0.226 e. The summed E-state index contributed by atoms with van der Waals surface area (Å²) in [5, 5.41) is 3.55. The third kappa shape index (κ3) is 5.15. The number of nitrogens with zero attached hydrogens (tertiary/aromatic N) is 3. The van der Waals surface area contributed by atoms with Crippen LogP contribution in [0.25, 0.3) is 11.1 Å². The van der Waals surface area contributed by atoms with Gasteiger partial charge >= 0.3 is 0 Å². The molecule has 1 aromatic heterocycles. The second-order valence-electron chi connectivity index (χ2n) is 9.26. The van der Waals surface area contributed by atoms with E-state index in [4.69, 9.17) is 19.2 Å². The highest BCUT2D eigenvalue weighted by Crippen LogP contribution is 2.33. The molecule has 1 aliphatic carbocycles. The first-order valence-electron chi connectivity index (χ1n) is 12.1. The Morgan fingerprint density at radius 3 is 2.47 bits per heavy atom. The van der Waals surface area contributed by atoms with E-state index in [0.717, 1.165) is 56.4 Å². The summed E-state index contributed by atoms with van der Waals surface area (Å²) in [7, 11) is 0. The summed E-state index contributed by atoms with van der Waals surface area (Å²) in [6, 6.07) is 9.04. The van der Waals surface area contributed by atoms with Crippen LogP contribution in [0.2, 0.25) is 0 Å². The molecule has 3 fully saturated rings. The van der Waals surface area contributed by atoms with E-state index in [0.29, 0.717) is 24.5 Å². The van der Waals surface area contributed by atoms with Crippen LogP contribution in [-0.4, -0.2) is 61.6 Å². The summed E-state index contributed by atoms with van der Waals surface area (Å²) in [5.74, 6) is 2.12. The van der Waals surface area contributed by atoms with Crippen molar-refractivity contribution in [3.8, 4) is 17.0 Å². The molecule has 1 N–H and O–H groups in total. The minimum Gasteiger partial charge on any atom is -0.471 e. The maximum atomic E-state index is 6.31. The predicted molar refractivity (Wildman–Crippen MR) is 125 cm³/mol. The van der Waals surface area contributed by atoms with Gasteiger partial charge in [-0.15, -0.1) is 0 Å². The van der Waals surface area contributed by atoms with E-state index in [9.17, 15) is 0 Å². The predicted octanol–water partition coefficient (Wildman–Crippen LogP) is 4.14. The number of benzene rings is 1. The summed E-state index contributed by atoms with van der Waals surface area (Å²) in [5.41, 5.74) is 3.21. The first-order valence-corrected chi connectivity index (χ1v) is 12.1. The number of ether oxygens (including phenoxy) is 3. The largest absolute Gasteiger partial charge is 0.471 e. The Balaban J connectivity index is 1.36. The van der Waals surface area contributed by atoms with Crippen molar-refractivity contribution < 1.29 is 14.2 Å². The van der Waals surface area contributed by atoms with Gasteiger partial charge in [0.1, 0.15) is 6.10 Å². The van der Waals surface area contributed by atoms with Gasteiger partial charge in [-0.25, -0.2) is 4.98 Å². The minimum atomic E-state index is 0.0413. The van der Waals surface area contributed by atoms with Crippen LogP contribution in [0.15, 0.2) is 30.5 Å². The van der Waals surface area contributed by atoms with Gasteiger partial charge in [0, 0.05) is 37.4 Å². The molecule has 2 saturated heterocycles. The van der Waals surface area contributed by atoms with Crippen LogP contribution in [0.5, 0.6) is 5.88 Å². The molecule has 1 aromatic carbocycles. The first-order chi connectivity index (χ1) is 15.7. The van der Waals surface area contributed by atoms with Crippen LogP contribution < -0.4 is 15.0 Å². The number of hydrogen-bond donors (Lipinski definition) is 1. The Labute approximate surface area is 190 Å². The molecule has 1 atom stereocenters. The van der Waals surface area contributed by atoms with E-state index in [1.54, 1.807) is 0 Å². The van der Waals surface area contributed by atoms with Crippen molar-refractivity contribution in [2.45, 2.75) is 51.2 Å². The molecule has 1 saturated carbocycles. The highest BCUT2D eigenvalue weighted by Gasteiger charge is 2.23. The number of morpholine rings is 1. The normalized spacial score (nSPS) is 26.2. The Kier molecular flexibility index (Phi) is 6.74. The van der Waals surface area contributed by atoms with E-state index in [2.05, 4.69) is 46.4 Å². The molecule has 2 aliphatic heterocycles. The fraction of sp³-hybridized carbons (Fsp3) is 0.600. The fourth-order valence-corrected chi connectivity index (χ4v) is 4.75. The van der Waals surface area contributed by atoms with Crippen LogP contribution in [0.1, 0.15) is 39.0 Å². The second kappa shape index (κ2) is 10.0. The molecule has 7 nitrogen and oxygen atoms in total. The molecule has 32 heavy (non-hydrogen) atoms. The van der Waals surface area contributed by atoms with E-state index in [-0.39, 0.29) is 6.10 Å². The molecular weight excluding hydrogens is 404 g/mol. The lowest BCUT2D eigenvalue weighted by molar-refractivity contribution is 0.122. The molecule has 3 aliphatic rings. The summed E-state index contributed by atoms with van der Waals surface area (Å²) < 4.78 is 17.3. The van der Waals surface area contributed by atoms with Gasteiger partial charge in [0.25, 0.3) is 0 Å². The van der Waals surface area contributed by atoms with Crippen molar-refractivity contribution >= 4 is 11.6 Å². The summed E-state index contributed by atoms with van der Waals surface area (Å²) in [6.07, 6.45) is 7.68. The third-order valence-corrected chi connectivity index (χ3v) is 6.82. The molecule has 7 heteroatoms. The average molecular weight is 439 g/mol. The van der Waals surface area contributed by atoms with E-state index >= 15 is 0 Å². The molecule has 5 rings (SSSR count). The molecular formula is C25H34N4O3. The quantitative estimate of drug-likeness (QED) is 0.727. The van der Waals surface area contributed by atoms with Crippen molar-refractivity contribution in [1.82, 2.24) is 9.97 Å². The molecule has 3 heterocycles. The van der Waals surface area contributed by atoms with Gasteiger partial charge in [0.2, 0.25) is 11.8 Å². The van der Waals surface area contributed by atoms with Crippen molar-refractivity contribution in [2.75, 3.05) is 49.7 Å². The highest BCUT2D eigenvalue weighted by atomic mass is 16.5. The standard InChI is InChI=1S/C25H34N4O3/c1-18-2-6-20(7-3-18)27-25-26-16-23(24(28-25)32-22-10-13-31-17-22)19-4-8-21(9-5-19)29-11-14-30-15-12-29/h4-5,8-9,16,18,20,22H,2-3,6-7,10-15,17H2,1H3,(H,26,27,28)/t18?,20?,22-/m1/s1. The van der Waals surface area contributed by atoms with Gasteiger partial charge in [0.15, 0.2) is 0 Å². The summed E-state index contributed by atoms with van der Waals surface area (Å²) >= 11 is 0. The first kappa shape index (κ1) is 21.5. The molecule has 0 unspecified atom stereocenters. The summed E-state index contributed by atoms with van der Waals surface area (Å²) in [4.78, 5) is 11.8. The Morgan fingerprint density at radius 1 is 0.969 bits per heavy atom. The van der Waals surface area contributed by atoms with Crippen LogP contribution in [0.3, 0.4) is 0 Å². The van der Waals surface area contributed by atoms with Gasteiger partial charge in [-0.05, 0) is 49.3 Å². The monoisotopic (exact) mass is 438 g/mol. The van der Waals surface area contributed by atoms with E-state index in [1.807, 2.05) is 6.20 Å². The number of anilines is 2. The molecule has 172 valence electrons. The topological polar surface area (TPSA) is 68.7 Å². The number of nitrogens with one attached hydrogen (secondary N) is 1. The SMILES string of the molecule is CC1CCC(Nc2ncc(-c3ccc(N4CCOCC4)cc3)c(O[C@@H]3CCOC3)n2)CC1. The van der Waals surface area contributed by atoms with Gasteiger partial charge in [-0.1, -0.05) is 19.1 Å². The van der Waals surface area contributed by atoms with Crippen molar-refractivity contribution in [2.24, 2.45) is 5.92 Å². The second-order valence-corrected chi connectivity index (χ2v) is 9.26. The molecule has 0 amide bonds. The van der Waals surface area contributed by atoms with Crippen LogP contribution >= 0.6 is 0 Å². The zero-order valence-corrected chi connectivity index (χ0v) is 19.0. The van der Waals surface area contributed by atoms with Crippen LogP contribution in [-0.2, 0) is 9.47 Å². The Bertz CT molecular complexity index is 871. The zero-order chi connectivity index (χ0) is 21.8. The summed E-state index contributed by atoms with van der Waals surface area (Å²) in [6.45, 7) is 7.11. The Hall–Kier alpha value is -2.38. The van der Waals surface area contributed by atoms with Gasteiger partial charge < -0.3 is 24.4 Å². The third-order valence-electron chi connectivity index (χ3n) is 6.82. The maximum absolute atomic E-state index is 6.31. The lowest BCUT2D eigenvalue weighted by Gasteiger charge is -2.29. The highest BCUT2D eigenvalue weighted by molar-refractivity contribution is 5.70. The molecule has 2 aromatic rings. The average Bonchev–Trinajstić information content (AvgIpc) is 3.35. The number of rotatable bonds is 6. The lowest BCUT2D eigenvalue weighted by atomic mass is 9.87. The lowest BCUT2D eigenvalue weighted by Crippen LogP contribution is -2.36. The number of hydrogen-bond acceptors (Lipinski definition) is 7. The number of aromatic nitrogens is 2. The minimum absolute atomic E-state index is 0.0413. The van der Waals surface area contributed by atoms with Crippen molar-refractivity contribution in [3.05, 3.63) is 30.5 Å². The van der Waals surface area contributed by atoms with E-state index in [1.165, 1.54) is 31.4 Å².